The number of rotatable bonds is 8. The van der Waals surface area contributed by atoms with E-state index in [0.29, 0.717) is 35.8 Å². The molecule has 0 aliphatic carbocycles. The van der Waals surface area contributed by atoms with Crippen LogP contribution in [0.5, 0.6) is 0 Å². The van der Waals surface area contributed by atoms with Gasteiger partial charge in [-0.1, -0.05) is 36.4 Å². The summed E-state index contributed by atoms with van der Waals surface area (Å²) in [7, 11) is -1.81. The molecule has 2 fully saturated rings. The van der Waals surface area contributed by atoms with Crippen molar-refractivity contribution in [2.45, 2.75) is 8.53 Å². The van der Waals surface area contributed by atoms with Crippen LogP contribution in [-0.4, -0.2) is 62.6 Å². The molecule has 2 atom stereocenters. The van der Waals surface area contributed by atoms with Crippen LogP contribution in [0.3, 0.4) is 0 Å². The number of ether oxygens (including phenoxy) is 4. The van der Waals surface area contributed by atoms with Gasteiger partial charge < -0.3 is 18.9 Å². The Morgan fingerprint density at radius 2 is 1.19 bits per heavy atom. The van der Waals surface area contributed by atoms with Gasteiger partial charge in [0.05, 0.1) is 24.3 Å². The molecule has 2 aromatic rings. The molecular formula is C22H22O7S3. The van der Waals surface area contributed by atoms with Crippen LogP contribution in [0.2, 0.25) is 0 Å². The minimum absolute atomic E-state index is 0.212. The summed E-state index contributed by atoms with van der Waals surface area (Å²) in [5.74, 6) is 0.142. The molecule has 2 unspecified atom stereocenters. The Labute approximate surface area is 197 Å². The van der Waals surface area contributed by atoms with Crippen LogP contribution in [0.4, 0.5) is 0 Å². The maximum absolute atomic E-state index is 13.8. The number of benzene rings is 2. The smallest absolute Gasteiger partial charge is 0.338 e. The van der Waals surface area contributed by atoms with Gasteiger partial charge in [0.2, 0.25) is 8.53 Å². The van der Waals surface area contributed by atoms with Gasteiger partial charge in [0.1, 0.15) is 24.0 Å². The molecule has 2 heterocycles. The minimum atomic E-state index is -1.81. The SMILES string of the molecule is O=C(OCC1(S(=O)C2(COC(=O)c3ccccc3)OCCS2)OCCS1)c1ccccc1. The van der Waals surface area contributed by atoms with Crippen molar-refractivity contribution >= 4 is 46.3 Å². The molecule has 2 aromatic carbocycles. The summed E-state index contributed by atoms with van der Waals surface area (Å²) in [4.78, 5) is 24.9. The van der Waals surface area contributed by atoms with E-state index in [-0.39, 0.29) is 13.2 Å². The van der Waals surface area contributed by atoms with E-state index in [1.54, 1.807) is 60.7 Å². The summed E-state index contributed by atoms with van der Waals surface area (Å²) in [6, 6.07) is 17.2. The number of carbonyl (C=O) groups is 2. The fourth-order valence-electron chi connectivity index (χ4n) is 3.22. The zero-order valence-corrected chi connectivity index (χ0v) is 19.5. The Kier molecular flexibility index (Phi) is 7.57. The van der Waals surface area contributed by atoms with Gasteiger partial charge in [0.15, 0.2) is 0 Å². The van der Waals surface area contributed by atoms with Crippen molar-refractivity contribution < 1.29 is 32.7 Å². The van der Waals surface area contributed by atoms with Gasteiger partial charge in [-0.15, -0.1) is 23.5 Å². The van der Waals surface area contributed by atoms with Crippen LogP contribution in [0.25, 0.3) is 0 Å². The predicted molar refractivity (Wildman–Crippen MR) is 124 cm³/mol. The van der Waals surface area contributed by atoms with Crippen LogP contribution in [0.1, 0.15) is 20.7 Å². The molecule has 0 bridgehead atoms. The van der Waals surface area contributed by atoms with Crippen molar-refractivity contribution in [1.82, 2.24) is 0 Å². The second-order valence-electron chi connectivity index (χ2n) is 6.91. The zero-order valence-electron chi connectivity index (χ0n) is 17.1. The van der Waals surface area contributed by atoms with Gasteiger partial charge in [-0.05, 0) is 24.3 Å². The van der Waals surface area contributed by atoms with Crippen LogP contribution >= 0.6 is 23.5 Å². The van der Waals surface area contributed by atoms with Crippen molar-refractivity contribution in [3.63, 3.8) is 0 Å². The van der Waals surface area contributed by atoms with Gasteiger partial charge >= 0.3 is 11.9 Å². The van der Waals surface area contributed by atoms with E-state index in [1.165, 1.54) is 23.5 Å². The maximum Gasteiger partial charge on any atom is 0.338 e. The summed E-state index contributed by atoms with van der Waals surface area (Å²) < 4.78 is 33.9. The third-order valence-electron chi connectivity index (χ3n) is 4.80. The molecule has 2 aliphatic heterocycles. The lowest BCUT2D eigenvalue weighted by atomic mass is 10.2. The van der Waals surface area contributed by atoms with Crippen molar-refractivity contribution in [1.29, 1.82) is 0 Å². The van der Waals surface area contributed by atoms with E-state index >= 15 is 0 Å². The first kappa shape index (κ1) is 23.3. The Morgan fingerprint density at radius 1 is 0.781 bits per heavy atom. The summed E-state index contributed by atoms with van der Waals surface area (Å²) >= 11 is 2.64. The lowest BCUT2D eigenvalue weighted by molar-refractivity contribution is 0.00768. The molecule has 0 N–H and O–H groups in total. The quantitative estimate of drug-likeness (QED) is 0.513. The Bertz CT molecular complexity index is 879. The molecule has 0 aromatic heterocycles. The van der Waals surface area contributed by atoms with E-state index < -0.39 is 31.3 Å². The number of carbonyl (C=O) groups excluding carboxylic acids is 2. The lowest BCUT2D eigenvalue weighted by Crippen LogP contribution is -2.49. The van der Waals surface area contributed by atoms with Gasteiger partial charge in [-0.3, -0.25) is 4.21 Å². The third-order valence-corrected chi connectivity index (χ3v) is 10.1. The first-order valence-corrected chi connectivity index (χ1v) is 13.1. The fraction of sp³-hybridized carbons (Fsp3) is 0.364. The fourth-order valence-corrected chi connectivity index (χ4v) is 8.30. The number of esters is 2. The van der Waals surface area contributed by atoms with E-state index in [4.69, 9.17) is 18.9 Å². The predicted octanol–water partition coefficient (Wildman–Crippen LogP) is 3.28. The Morgan fingerprint density at radius 3 is 1.53 bits per heavy atom. The van der Waals surface area contributed by atoms with Gasteiger partial charge in [-0.2, -0.15) is 0 Å². The first-order chi connectivity index (χ1) is 15.5. The lowest BCUT2D eigenvalue weighted by Gasteiger charge is -2.35. The highest BCUT2D eigenvalue weighted by Gasteiger charge is 2.57. The van der Waals surface area contributed by atoms with Crippen LogP contribution < -0.4 is 0 Å². The van der Waals surface area contributed by atoms with Crippen molar-refractivity contribution in [3.05, 3.63) is 71.8 Å². The average molecular weight is 495 g/mol. The highest BCUT2D eigenvalue weighted by Crippen LogP contribution is 2.47. The number of hydrogen-bond donors (Lipinski definition) is 0. The van der Waals surface area contributed by atoms with Crippen molar-refractivity contribution in [2.24, 2.45) is 0 Å². The average Bonchev–Trinajstić information content (AvgIpc) is 3.53. The molecule has 0 saturated carbocycles. The molecule has 0 spiro atoms. The summed E-state index contributed by atoms with van der Waals surface area (Å²) in [5.41, 5.74) is 0.795. The molecule has 4 rings (SSSR count). The molecular weight excluding hydrogens is 472 g/mol. The number of hydrogen-bond acceptors (Lipinski definition) is 9. The second-order valence-corrected chi connectivity index (χ2v) is 12.0. The molecule has 32 heavy (non-hydrogen) atoms. The topological polar surface area (TPSA) is 88.1 Å². The summed E-state index contributed by atoms with van der Waals surface area (Å²) in [6.07, 6.45) is 0. The standard InChI is InChI=1S/C22H22O7S3/c23-19(17-7-3-1-4-8-17)26-15-21(28-11-13-30-21)32(25)22(29-12-14-31-22)16-27-20(24)18-9-5-2-6-10-18/h1-10H,11-16H2. The van der Waals surface area contributed by atoms with Gasteiger partial charge in [0, 0.05) is 11.5 Å². The number of thioether (sulfide) groups is 2. The van der Waals surface area contributed by atoms with E-state index in [9.17, 15) is 13.8 Å². The van der Waals surface area contributed by atoms with Crippen molar-refractivity contribution in [3.8, 4) is 0 Å². The van der Waals surface area contributed by atoms with E-state index in [1.807, 2.05) is 0 Å². The molecule has 10 heteroatoms. The molecule has 2 saturated heterocycles. The first-order valence-electron chi connectivity index (χ1n) is 9.97. The highest BCUT2D eigenvalue weighted by atomic mass is 32.3. The Hall–Kier alpha value is -1.85. The summed E-state index contributed by atoms with van der Waals surface area (Å²) in [6.45, 7) is 0.306. The largest absolute Gasteiger partial charge is 0.457 e. The summed E-state index contributed by atoms with van der Waals surface area (Å²) in [5, 5.41) is 0. The minimum Gasteiger partial charge on any atom is -0.457 e. The monoisotopic (exact) mass is 494 g/mol. The maximum atomic E-state index is 13.8. The zero-order chi connectivity index (χ0) is 22.4. The molecule has 0 radical (unpaired) electrons. The van der Waals surface area contributed by atoms with Gasteiger partial charge in [-0.25, -0.2) is 9.59 Å². The highest BCUT2D eigenvalue weighted by molar-refractivity contribution is 8.19. The van der Waals surface area contributed by atoms with E-state index in [0.717, 1.165) is 0 Å². The van der Waals surface area contributed by atoms with Crippen LogP contribution in [0, 0.1) is 0 Å². The normalized spacial score (nSPS) is 25.9. The molecule has 7 nitrogen and oxygen atoms in total. The molecule has 170 valence electrons. The van der Waals surface area contributed by atoms with E-state index in [2.05, 4.69) is 0 Å². The van der Waals surface area contributed by atoms with Crippen LogP contribution in [-0.2, 0) is 29.7 Å². The van der Waals surface area contributed by atoms with Crippen molar-refractivity contribution in [2.75, 3.05) is 37.9 Å². The Balaban J connectivity index is 1.48. The second kappa shape index (κ2) is 10.4. The van der Waals surface area contributed by atoms with Crippen LogP contribution in [0.15, 0.2) is 60.7 Å². The third kappa shape index (κ3) is 5.04. The molecule has 2 aliphatic rings. The molecule has 0 amide bonds. The van der Waals surface area contributed by atoms with Gasteiger partial charge in [0.25, 0.3) is 0 Å².